The van der Waals surface area contributed by atoms with Crippen molar-refractivity contribution in [2.24, 2.45) is 0 Å². The van der Waals surface area contributed by atoms with Gasteiger partial charge in [-0.2, -0.15) is 0 Å². The number of aliphatic hydroxyl groups excluding tert-OH is 1. The number of hydrogen-bond acceptors (Lipinski definition) is 5. The number of methoxy groups -OCH3 is 2. The molecule has 0 bridgehead atoms. The second-order valence-electron chi connectivity index (χ2n) is 8.56. The van der Waals surface area contributed by atoms with Gasteiger partial charge in [0.2, 0.25) is 0 Å². The number of aliphatic hydroxyl groups is 1. The van der Waals surface area contributed by atoms with Gasteiger partial charge in [0.1, 0.15) is 17.3 Å². The van der Waals surface area contributed by atoms with Gasteiger partial charge in [0.25, 0.3) is 11.7 Å². The number of ether oxygens (including phenoxy) is 2. The smallest absolute Gasteiger partial charge is 0.300 e. The summed E-state index contributed by atoms with van der Waals surface area (Å²) in [7, 11) is 2.97. The van der Waals surface area contributed by atoms with Crippen molar-refractivity contribution in [3.05, 3.63) is 93.0 Å². The summed E-state index contributed by atoms with van der Waals surface area (Å²) in [4.78, 5) is 28.4. The molecule has 1 aliphatic heterocycles. The fourth-order valence-electron chi connectivity index (χ4n) is 4.44. The number of rotatable bonds is 5. The predicted octanol–water partition coefficient (Wildman–Crippen LogP) is 5.91. The Kier molecular flexibility index (Phi) is 6.59. The van der Waals surface area contributed by atoms with Crippen molar-refractivity contribution in [3.63, 3.8) is 0 Å². The Hall–Kier alpha value is -3.77. The lowest BCUT2D eigenvalue weighted by atomic mass is 9.94. The number of carbonyl (C=O) groups excluding carboxylic acids is 2. The van der Waals surface area contributed by atoms with Gasteiger partial charge < -0.3 is 14.6 Å². The molecule has 1 heterocycles. The van der Waals surface area contributed by atoms with E-state index in [1.807, 2.05) is 39.0 Å². The molecule has 7 heteroatoms. The Morgan fingerprint density at radius 2 is 1.69 bits per heavy atom. The van der Waals surface area contributed by atoms with E-state index in [2.05, 4.69) is 0 Å². The molecule has 3 aromatic carbocycles. The van der Waals surface area contributed by atoms with Crippen LogP contribution in [-0.2, 0) is 9.59 Å². The number of halogens is 1. The normalized spacial score (nSPS) is 17.1. The zero-order valence-corrected chi connectivity index (χ0v) is 20.9. The first kappa shape index (κ1) is 24.4. The van der Waals surface area contributed by atoms with Gasteiger partial charge in [-0.3, -0.25) is 14.5 Å². The van der Waals surface area contributed by atoms with Crippen LogP contribution in [0.25, 0.3) is 5.76 Å². The van der Waals surface area contributed by atoms with Crippen LogP contribution in [0.5, 0.6) is 11.5 Å². The van der Waals surface area contributed by atoms with Crippen LogP contribution in [-0.4, -0.2) is 31.0 Å². The molecule has 0 radical (unpaired) electrons. The number of amides is 1. The Morgan fingerprint density at radius 3 is 2.37 bits per heavy atom. The molecule has 1 unspecified atom stereocenters. The van der Waals surface area contributed by atoms with Crippen molar-refractivity contribution >= 4 is 34.7 Å². The van der Waals surface area contributed by atoms with Crippen molar-refractivity contribution in [1.29, 1.82) is 0 Å². The third-order valence-corrected chi connectivity index (χ3v) is 6.41. The first-order valence-electron chi connectivity index (χ1n) is 11.0. The highest BCUT2D eigenvalue weighted by molar-refractivity contribution is 6.52. The minimum atomic E-state index is -0.894. The van der Waals surface area contributed by atoms with Gasteiger partial charge in [-0.25, -0.2) is 0 Å². The first-order valence-corrected chi connectivity index (χ1v) is 11.4. The topological polar surface area (TPSA) is 76.1 Å². The van der Waals surface area contributed by atoms with Crippen molar-refractivity contribution < 1.29 is 24.2 Å². The van der Waals surface area contributed by atoms with E-state index in [0.29, 0.717) is 17.0 Å². The second kappa shape index (κ2) is 9.47. The van der Waals surface area contributed by atoms with Gasteiger partial charge >= 0.3 is 0 Å². The molecule has 180 valence electrons. The first-order chi connectivity index (χ1) is 16.7. The Balaban J connectivity index is 2.05. The number of anilines is 1. The molecule has 1 atom stereocenters. The van der Waals surface area contributed by atoms with E-state index >= 15 is 0 Å². The van der Waals surface area contributed by atoms with Crippen LogP contribution < -0.4 is 14.4 Å². The van der Waals surface area contributed by atoms with Crippen LogP contribution in [0.4, 0.5) is 5.69 Å². The summed E-state index contributed by atoms with van der Waals surface area (Å²) in [5, 5.41) is 11.8. The van der Waals surface area contributed by atoms with Crippen LogP contribution in [0.2, 0.25) is 5.02 Å². The Labute approximate surface area is 209 Å². The standard InChI is InChI=1S/C28H26ClNO5/c1-15-9-10-17(3)22(13-15)30-24(18-7-6-8-19(14-18)34-4)23(26(32)28(30)33)25(31)20-11-16(2)12-21(29)27(20)35-5/h6-14,24,31H,1-5H3/b25-23+. The van der Waals surface area contributed by atoms with Gasteiger partial charge in [0.15, 0.2) is 0 Å². The Bertz CT molecular complexity index is 1380. The zero-order valence-electron chi connectivity index (χ0n) is 20.2. The molecule has 35 heavy (non-hydrogen) atoms. The van der Waals surface area contributed by atoms with Crippen molar-refractivity contribution in [3.8, 4) is 11.5 Å². The molecule has 6 nitrogen and oxygen atoms in total. The molecule has 1 fully saturated rings. The summed E-state index contributed by atoms with van der Waals surface area (Å²) in [6.07, 6.45) is 0. The molecule has 0 aliphatic carbocycles. The zero-order chi connectivity index (χ0) is 25.4. The van der Waals surface area contributed by atoms with E-state index in [0.717, 1.165) is 16.7 Å². The molecule has 1 saturated heterocycles. The summed E-state index contributed by atoms with van der Waals surface area (Å²) in [5.41, 5.74) is 3.91. The van der Waals surface area contributed by atoms with Gasteiger partial charge in [-0.05, 0) is 73.4 Å². The lowest BCUT2D eigenvalue weighted by Crippen LogP contribution is -2.30. The quantitative estimate of drug-likeness (QED) is 0.273. The van der Waals surface area contributed by atoms with E-state index in [4.69, 9.17) is 21.1 Å². The molecule has 0 spiro atoms. The van der Waals surface area contributed by atoms with Crippen LogP contribution in [0.3, 0.4) is 0 Å². The molecular weight excluding hydrogens is 466 g/mol. The van der Waals surface area contributed by atoms with Crippen molar-refractivity contribution in [1.82, 2.24) is 0 Å². The van der Waals surface area contributed by atoms with E-state index in [1.165, 1.54) is 12.0 Å². The van der Waals surface area contributed by atoms with Gasteiger partial charge in [0.05, 0.1) is 36.4 Å². The maximum atomic E-state index is 13.5. The summed E-state index contributed by atoms with van der Waals surface area (Å²) in [6.45, 7) is 5.61. The minimum Gasteiger partial charge on any atom is -0.507 e. The van der Waals surface area contributed by atoms with Crippen LogP contribution in [0.15, 0.2) is 60.2 Å². The number of benzene rings is 3. The number of ketones is 1. The summed E-state index contributed by atoms with van der Waals surface area (Å²) in [6, 6.07) is 15.3. The minimum absolute atomic E-state index is 0.0517. The van der Waals surface area contributed by atoms with Crippen molar-refractivity contribution in [2.45, 2.75) is 26.8 Å². The lowest BCUT2D eigenvalue weighted by Gasteiger charge is -2.27. The third kappa shape index (κ3) is 4.26. The van der Waals surface area contributed by atoms with E-state index < -0.39 is 17.7 Å². The number of aryl methyl sites for hydroxylation is 3. The fourth-order valence-corrected chi connectivity index (χ4v) is 4.80. The summed E-state index contributed by atoms with van der Waals surface area (Å²) in [5.74, 6) is -1.10. The second-order valence-corrected chi connectivity index (χ2v) is 8.97. The highest BCUT2D eigenvalue weighted by Crippen LogP contribution is 2.45. The summed E-state index contributed by atoms with van der Waals surface area (Å²) >= 11 is 6.37. The monoisotopic (exact) mass is 491 g/mol. The molecule has 3 aromatic rings. The molecular formula is C28H26ClNO5. The molecule has 1 amide bonds. The molecule has 0 saturated carbocycles. The maximum absolute atomic E-state index is 13.5. The Morgan fingerprint density at radius 1 is 0.943 bits per heavy atom. The largest absolute Gasteiger partial charge is 0.507 e. The van der Waals surface area contributed by atoms with E-state index in [-0.39, 0.29) is 27.7 Å². The number of hydrogen-bond donors (Lipinski definition) is 1. The van der Waals surface area contributed by atoms with Gasteiger partial charge in [-0.1, -0.05) is 35.9 Å². The summed E-state index contributed by atoms with van der Waals surface area (Å²) < 4.78 is 10.8. The third-order valence-electron chi connectivity index (χ3n) is 6.13. The SMILES string of the molecule is COc1cccc(C2/C(=C(\O)c3cc(C)cc(Cl)c3OC)C(=O)C(=O)N2c2cc(C)ccc2C)c1. The fraction of sp³-hybridized carbons (Fsp3) is 0.214. The van der Waals surface area contributed by atoms with Crippen LogP contribution >= 0.6 is 11.6 Å². The highest BCUT2D eigenvalue weighted by atomic mass is 35.5. The molecule has 0 aromatic heterocycles. The van der Waals surface area contributed by atoms with Crippen molar-refractivity contribution in [2.75, 3.05) is 19.1 Å². The average molecular weight is 492 g/mol. The highest BCUT2D eigenvalue weighted by Gasteiger charge is 2.47. The van der Waals surface area contributed by atoms with E-state index in [9.17, 15) is 14.7 Å². The van der Waals surface area contributed by atoms with Gasteiger partial charge in [-0.15, -0.1) is 0 Å². The average Bonchev–Trinajstić information content (AvgIpc) is 3.10. The number of carbonyl (C=O) groups is 2. The maximum Gasteiger partial charge on any atom is 0.300 e. The molecule has 4 rings (SSSR count). The van der Waals surface area contributed by atoms with Crippen LogP contribution in [0, 0.1) is 20.8 Å². The number of Topliss-reactive ketones (excluding diaryl/α,β-unsaturated/α-hetero) is 1. The molecule has 1 N–H and O–H groups in total. The number of nitrogens with zero attached hydrogens (tertiary/aromatic N) is 1. The molecule has 1 aliphatic rings. The van der Waals surface area contributed by atoms with Gasteiger partial charge in [0, 0.05) is 5.69 Å². The predicted molar refractivity (Wildman–Crippen MR) is 136 cm³/mol. The van der Waals surface area contributed by atoms with Crippen LogP contribution in [0.1, 0.15) is 33.9 Å². The lowest BCUT2D eigenvalue weighted by molar-refractivity contribution is -0.132. The van der Waals surface area contributed by atoms with E-state index in [1.54, 1.807) is 43.5 Å².